The van der Waals surface area contributed by atoms with Gasteiger partial charge >= 0.3 is 0 Å². The van der Waals surface area contributed by atoms with Crippen LogP contribution in [-0.2, 0) is 4.79 Å². The summed E-state index contributed by atoms with van der Waals surface area (Å²) in [5, 5.41) is 8.88. The fourth-order valence-corrected chi connectivity index (χ4v) is 1.59. The van der Waals surface area contributed by atoms with Gasteiger partial charge < -0.3 is 15.2 Å². The molecule has 0 aliphatic rings. The van der Waals surface area contributed by atoms with E-state index in [-0.39, 0.29) is 11.8 Å². The average molecular weight is 259 g/mol. The molecular weight excluding hydrogens is 246 g/mol. The lowest BCUT2D eigenvalue weighted by Gasteiger charge is -2.08. The number of nitrogens with one attached hydrogen (secondary N) is 2. The molecule has 0 radical (unpaired) electrons. The van der Waals surface area contributed by atoms with Gasteiger partial charge in [-0.1, -0.05) is 17.3 Å². The second-order valence-corrected chi connectivity index (χ2v) is 4.00. The molecule has 98 valence electrons. The predicted molar refractivity (Wildman–Crippen MR) is 69.9 cm³/mol. The topological polar surface area (TPSA) is 84.2 Å². The van der Waals surface area contributed by atoms with Crippen LogP contribution in [0.5, 0.6) is 0 Å². The highest BCUT2D eigenvalue weighted by Crippen LogP contribution is 2.17. The maximum absolute atomic E-state index is 12.1. The molecule has 19 heavy (non-hydrogen) atoms. The summed E-state index contributed by atoms with van der Waals surface area (Å²) in [6.45, 7) is 3.11. The minimum absolute atomic E-state index is 0.238. The van der Waals surface area contributed by atoms with Crippen LogP contribution in [0.4, 0.5) is 11.5 Å². The van der Waals surface area contributed by atoms with Crippen molar-refractivity contribution in [1.29, 1.82) is 0 Å². The SMILES string of the molecule is CC(=O)Nc1ccccc1C(=O)Nc1cc(C)on1. The molecular formula is C13H13N3O3. The Hall–Kier alpha value is -2.63. The van der Waals surface area contributed by atoms with Gasteiger partial charge in [-0.15, -0.1) is 0 Å². The van der Waals surface area contributed by atoms with Crippen molar-refractivity contribution in [3.05, 3.63) is 41.7 Å². The van der Waals surface area contributed by atoms with Gasteiger partial charge in [0.15, 0.2) is 5.82 Å². The van der Waals surface area contributed by atoms with Crippen molar-refractivity contribution in [1.82, 2.24) is 5.16 Å². The number of aromatic nitrogens is 1. The normalized spacial score (nSPS) is 10.0. The third kappa shape index (κ3) is 3.19. The van der Waals surface area contributed by atoms with Gasteiger partial charge in [0.25, 0.3) is 5.91 Å². The Bertz CT molecular complexity index is 619. The van der Waals surface area contributed by atoms with Crippen LogP contribution in [0, 0.1) is 6.92 Å². The monoisotopic (exact) mass is 259 g/mol. The largest absolute Gasteiger partial charge is 0.360 e. The smallest absolute Gasteiger partial charge is 0.259 e. The van der Waals surface area contributed by atoms with Gasteiger partial charge in [0.2, 0.25) is 5.91 Å². The number of hydrogen-bond acceptors (Lipinski definition) is 4. The quantitative estimate of drug-likeness (QED) is 0.884. The van der Waals surface area contributed by atoms with E-state index in [0.717, 1.165) is 0 Å². The number of amides is 2. The van der Waals surface area contributed by atoms with Gasteiger partial charge in [-0.25, -0.2) is 0 Å². The Labute approximate surface area is 109 Å². The van der Waals surface area contributed by atoms with Gasteiger partial charge in [0.1, 0.15) is 5.76 Å². The number of aryl methyl sites for hydroxylation is 1. The number of para-hydroxylation sites is 1. The minimum Gasteiger partial charge on any atom is -0.360 e. The first-order chi connectivity index (χ1) is 9.06. The van der Waals surface area contributed by atoms with E-state index in [9.17, 15) is 9.59 Å². The van der Waals surface area contributed by atoms with Gasteiger partial charge in [0.05, 0.1) is 11.3 Å². The standard InChI is InChI=1S/C13H13N3O3/c1-8-7-12(16-19-8)15-13(18)10-5-3-4-6-11(10)14-9(2)17/h3-7H,1-2H3,(H,14,17)(H,15,16,18). The van der Waals surface area contributed by atoms with Crippen LogP contribution in [0.15, 0.2) is 34.9 Å². The molecule has 0 aliphatic carbocycles. The third-order valence-electron chi connectivity index (χ3n) is 2.35. The van der Waals surface area contributed by atoms with Gasteiger partial charge in [-0.3, -0.25) is 9.59 Å². The Morgan fingerprint density at radius 2 is 1.95 bits per heavy atom. The lowest BCUT2D eigenvalue weighted by Crippen LogP contribution is -2.16. The van der Waals surface area contributed by atoms with E-state index in [1.54, 1.807) is 37.3 Å². The first-order valence-corrected chi connectivity index (χ1v) is 5.67. The highest BCUT2D eigenvalue weighted by atomic mass is 16.5. The number of benzene rings is 1. The zero-order valence-corrected chi connectivity index (χ0v) is 10.6. The van der Waals surface area contributed by atoms with Crippen LogP contribution >= 0.6 is 0 Å². The highest BCUT2D eigenvalue weighted by molar-refractivity contribution is 6.09. The summed E-state index contributed by atoms with van der Waals surface area (Å²) in [5.41, 5.74) is 0.811. The van der Waals surface area contributed by atoms with Crippen molar-refractivity contribution in [2.24, 2.45) is 0 Å². The van der Waals surface area contributed by atoms with Crippen LogP contribution in [0.3, 0.4) is 0 Å². The van der Waals surface area contributed by atoms with E-state index in [4.69, 9.17) is 4.52 Å². The molecule has 1 aromatic heterocycles. The molecule has 0 unspecified atom stereocenters. The van der Waals surface area contributed by atoms with Gasteiger partial charge in [-0.05, 0) is 19.1 Å². The first-order valence-electron chi connectivity index (χ1n) is 5.67. The summed E-state index contributed by atoms with van der Waals surface area (Å²) in [4.78, 5) is 23.2. The zero-order valence-electron chi connectivity index (χ0n) is 10.6. The van der Waals surface area contributed by atoms with Crippen molar-refractivity contribution in [3.8, 4) is 0 Å². The van der Waals surface area contributed by atoms with Crippen LogP contribution < -0.4 is 10.6 Å². The van der Waals surface area contributed by atoms with E-state index in [0.29, 0.717) is 22.8 Å². The average Bonchev–Trinajstić information content (AvgIpc) is 2.74. The van der Waals surface area contributed by atoms with E-state index in [2.05, 4.69) is 15.8 Å². The zero-order chi connectivity index (χ0) is 13.8. The molecule has 2 amide bonds. The molecule has 6 nitrogen and oxygen atoms in total. The summed E-state index contributed by atoms with van der Waals surface area (Å²) >= 11 is 0. The Kier molecular flexibility index (Phi) is 3.61. The lowest BCUT2D eigenvalue weighted by molar-refractivity contribution is -0.114. The second-order valence-electron chi connectivity index (χ2n) is 4.00. The Morgan fingerprint density at radius 3 is 2.58 bits per heavy atom. The molecule has 2 aromatic rings. The number of anilines is 2. The molecule has 1 heterocycles. The molecule has 0 fully saturated rings. The molecule has 1 aromatic carbocycles. The summed E-state index contributed by atoms with van der Waals surface area (Å²) in [5.74, 6) is 0.334. The number of carbonyl (C=O) groups is 2. The van der Waals surface area contributed by atoms with Crippen molar-refractivity contribution < 1.29 is 14.1 Å². The van der Waals surface area contributed by atoms with E-state index in [1.807, 2.05) is 0 Å². The van der Waals surface area contributed by atoms with E-state index >= 15 is 0 Å². The number of nitrogens with zero attached hydrogens (tertiary/aromatic N) is 1. The number of carbonyl (C=O) groups excluding carboxylic acids is 2. The molecule has 2 N–H and O–H groups in total. The molecule has 0 saturated heterocycles. The van der Waals surface area contributed by atoms with Crippen molar-refractivity contribution in [3.63, 3.8) is 0 Å². The Morgan fingerprint density at radius 1 is 1.21 bits per heavy atom. The van der Waals surface area contributed by atoms with Crippen molar-refractivity contribution in [2.75, 3.05) is 10.6 Å². The Balaban J connectivity index is 2.21. The van der Waals surface area contributed by atoms with Crippen LogP contribution in [0.2, 0.25) is 0 Å². The van der Waals surface area contributed by atoms with Crippen molar-refractivity contribution >= 4 is 23.3 Å². The lowest BCUT2D eigenvalue weighted by atomic mass is 10.1. The molecule has 6 heteroatoms. The molecule has 0 aliphatic heterocycles. The van der Waals surface area contributed by atoms with Gasteiger partial charge in [-0.2, -0.15) is 0 Å². The minimum atomic E-state index is -0.363. The fourth-order valence-electron chi connectivity index (χ4n) is 1.59. The number of hydrogen-bond donors (Lipinski definition) is 2. The second kappa shape index (κ2) is 5.34. The third-order valence-corrected chi connectivity index (χ3v) is 2.35. The number of rotatable bonds is 3. The summed E-state index contributed by atoms with van der Waals surface area (Å²) < 4.78 is 4.86. The molecule has 0 saturated carbocycles. The fraction of sp³-hybridized carbons (Fsp3) is 0.154. The van der Waals surface area contributed by atoms with E-state index < -0.39 is 0 Å². The maximum Gasteiger partial charge on any atom is 0.259 e. The van der Waals surface area contributed by atoms with Gasteiger partial charge in [0, 0.05) is 13.0 Å². The highest BCUT2D eigenvalue weighted by Gasteiger charge is 2.13. The van der Waals surface area contributed by atoms with Crippen LogP contribution in [-0.4, -0.2) is 17.0 Å². The van der Waals surface area contributed by atoms with Crippen LogP contribution in [0.25, 0.3) is 0 Å². The predicted octanol–water partition coefficient (Wildman–Crippen LogP) is 2.19. The maximum atomic E-state index is 12.1. The summed E-state index contributed by atoms with van der Waals surface area (Å²) in [6.07, 6.45) is 0. The molecule has 2 rings (SSSR count). The van der Waals surface area contributed by atoms with Crippen molar-refractivity contribution in [2.45, 2.75) is 13.8 Å². The first kappa shape index (κ1) is 12.8. The molecule has 0 atom stereocenters. The summed E-state index contributed by atoms with van der Waals surface area (Å²) in [7, 11) is 0. The van der Waals surface area contributed by atoms with E-state index in [1.165, 1.54) is 6.92 Å². The molecule has 0 bridgehead atoms. The van der Waals surface area contributed by atoms with Crippen LogP contribution in [0.1, 0.15) is 23.0 Å². The summed E-state index contributed by atoms with van der Waals surface area (Å²) in [6, 6.07) is 8.34. The molecule has 0 spiro atoms.